The molecule has 3 N–H and O–H groups in total. The molecule has 1 aromatic carbocycles. The Morgan fingerprint density at radius 2 is 2.00 bits per heavy atom. The third-order valence-electron chi connectivity index (χ3n) is 4.92. The monoisotopic (exact) mass is 313 g/mol. The summed E-state index contributed by atoms with van der Waals surface area (Å²) in [6, 6.07) is 5.16. The van der Waals surface area contributed by atoms with Gasteiger partial charge in [-0.15, -0.1) is 0 Å². The van der Waals surface area contributed by atoms with E-state index in [2.05, 4.69) is 24.4 Å². The van der Waals surface area contributed by atoms with Crippen molar-refractivity contribution in [3.05, 3.63) is 34.6 Å². The molecule has 1 saturated carbocycles. The van der Waals surface area contributed by atoms with Gasteiger partial charge in [0.05, 0.1) is 5.02 Å². The lowest BCUT2D eigenvalue weighted by Crippen LogP contribution is -2.62. The molecule has 0 radical (unpaired) electrons. The van der Waals surface area contributed by atoms with Gasteiger partial charge in [-0.2, -0.15) is 0 Å². The first-order valence-electron chi connectivity index (χ1n) is 7.57. The number of likely N-dealkylation sites (N-methyl/N-ethyl adjacent to an activating group) is 1. The van der Waals surface area contributed by atoms with E-state index >= 15 is 0 Å². The molecule has 3 nitrogen and oxygen atoms in total. The number of benzene rings is 1. The number of rotatable bonds is 5. The van der Waals surface area contributed by atoms with Crippen molar-refractivity contribution in [2.45, 2.75) is 50.1 Å². The standard InChI is InChI=1S/C16H25ClFN3/c1-21(2)16(9-4-3-5-10-16)14(20-19)11-12-7-6-8-13(17)15(12)18/h6-8,14,20H,3-5,9-11,19H2,1-2H3. The molecular weight excluding hydrogens is 289 g/mol. The van der Waals surface area contributed by atoms with Crippen molar-refractivity contribution in [3.8, 4) is 0 Å². The molecule has 5 heteroatoms. The van der Waals surface area contributed by atoms with E-state index in [1.807, 2.05) is 0 Å². The Hall–Kier alpha value is -0.680. The third-order valence-corrected chi connectivity index (χ3v) is 5.21. The van der Waals surface area contributed by atoms with Crippen molar-refractivity contribution >= 4 is 11.6 Å². The second kappa shape index (κ2) is 7.05. The van der Waals surface area contributed by atoms with Gasteiger partial charge in [0.2, 0.25) is 0 Å². The minimum absolute atomic E-state index is 0.000710. The topological polar surface area (TPSA) is 41.3 Å². The van der Waals surface area contributed by atoms with E-state index in [1.165, 1.54) is 19.3 Å². The second-order valence-corrected chi connectivity index (χ2v) is 6.60. The van der Waals surface area contributed by atoms with Crippen LogP contribution in [0.4, 0.5) is 4.39 Å². The average Bonchev–Trinajstić information content (AvgIpc) is 2.49. The van der Waals surface area contributed by atoms with Crippen LogP contribution in [0.1, 0.15) is 37.7 Å². The van der Waals surface area contributed by atoms with Crippen LogP contribution in [0.3, 0.4) is 0 Å². The Morgan fingerprint density at radius 1 is 1.33 bits per heavy atom. The fourth-order valence-corrected chi connectivity index (χ4v) is 3.80. The van der Waals surface area contributed by atoms with Crippen LogP contribution < -0.4 is 11.3 Å². The van der Waals surface area contributed by atoms with Gasteiger partial charge in [0, 0.05) is 11.6 Å². The lowest BCUT2D eigenvalue weighted by molar-refractivity contribution is 0.0566. The van der Waals surface area contributed by atoms with Crippen LogP contribution in [0, 0.1) is 5.82 Å². The van der Waals surface area contributed by atoms with Gasteiger partial charge in [-0.05, 0) is 45.0 Å². The van der Waals surface area contributed by atoms with E-state index in [9.17, 15) is 4.39 Å². The first-order valence-corrected chi connectivity index (χ1v) is 7.95. The smallest absolute Gasteiger partial charge is 0.145 e. The van der Waals surface area contributed by atoms with Gasteiger partial charge in [-0.25, -0.2) is 4.39 Å². The number of hydrogen-bond acceptors (Lipinski definition) is 3. The molecule has 0 heterocycles. The zero-order valence-electron chi connectivity index (χ0n) is 12.8. The van der Waals surface area contributed by atoms with E-state index < -0.39 is 0 Å². The zero-order valence-corrected chi connectivity index (χ0v) is 13.6. The molecule has 0 aromatic heterocycles. The third kappa shape index (κ3) is 3.39. The van der Waals surface area contributed by atoms with E-state index in [4.69, 9.17) is 17.4 Å². The molecule has 1 atom stereocenters. The number of hydrogen-bond donors (Lipinski definition) is 2. The highest BCUT2D eigenvalue weighted by Crippen LogP contribution is 2.36. The number of hydrazine groups is 1. The van der Waals surface area contributed by atoms with Crippen LogP contribution in [-0.2, 0) is 6.42 Å². The van der Waals surface area contributed by atoms with Crippen molar-refractivity contribution in [1.82, 2.24) is 10.3 Å². The summed E-state index contributed by atoms with van der Waals surface area (Å²) < 4.78 is 14.2. The minimum atomic E-state index is -0.330. The lowest BCUT2D eigenvalue weighted by Gasteiger charge is -2.48. The van der Waals surface area contributed by atoms with Gasteiger partial charge < -0.3 is 4.90 Å². The number of halogens is 2. The lowest BCUT2D eigenvalue weighted by atomic mass is 9.73. The molecule has 0 amide bonds. The molecule has 0 aliphatic heterocycles. The highest BCUT2D eigenvalue weighted by molar-refractivity contribution is 6.30. The van der Waals surface area contributed by atoms with Crippen molar-refractivity contribution in [3.63, 3.8) is 0 Å². The summed E-state index contributed by atoms with van der Waals surface area (Å²) in [7, 11) is 4.17. The molecule has 0 spiro atoms. The first kappa shape index (κ1) is 16.7. The average molecular weight is 314 g/mol. The normalized spacial score (nSPS) is 19.7. The first-order chi connectivity index (χ1) is 10.0. The summed E-state index contributed by atoms with van der Waals surface area (Å²) in [4.78, 5) is 2.25. The van der Waals surface area contributed by atoms with Gasteiger partial charge in [0.15, 0.2) is 0 Å². The molecule has 2 rings (SSSR count). The van der Waals surface area contributed by atoms with Crippen molar-refractivity contribution in [1.29, 1.82) is 0 Å². The van der Waals surface area contributed by atoms with Gasteiger partial charge in [0.1, 0.15) is 5.82 Å². The fraction of sp³-hybridized carbons (Fsp3) is 0.625. The van der Waals surface area contributed by atoms with Gasteiger partial charge >= 0.3 is 0 Å². The summed E-state index contributed by atoms with van der Waals surface area (Å²) in [6.07, 6.45) is 6.34. The van der Waals surface area contributed by atoms with Gasteiger partial charge in [0.25, 0.3) is 0 Å². The Morgan fingerprint density at radius 3 is 2.57 bits per heavy atom. The van der Waals surface area contributed by atoms with E-state index in [1.54, 1.807) is 18.2 Å². The van der Waals surface area contributed by atoms with Crippen LogP contribution in [-0.4, -0.2) is 30.6 Å². The van der Waals surface area contributed by atoms with Crippen LogP contribution >= 0.6 is 11.6 Å². The quantitative estimate of drug-likeness (QED) is 0.648. The Kier molecular flexibility index (Phi) is 5.60. The molecule has 0 saturated heterocycles. The maximum absolute atomic E-state index is 14.2. The summed E-state index contributed by atoms with van der Waals surface area (Å²) >= 11 is 5.89. The van der Waals surface area contributed by atoms with Crippen molar-refractivity contribution < 1.29 is 4.39 Å². The van der Waals surface area contributed by atoms with Crippen LogP contribution in [0.2, 0.25) is 5.02 Å². The largest absolute Gasteiger partial charge is 0.302 e. The van der Waals surface area contributed by atoms with Crippen LogP contribution in [0.25, 0.3) is 0 Å². The molecule has 1 aliphatic carbocycles. The fourth-order valence-electron chi connectivity index (χ4n) is 3.60. The Bertz CT molecular complexity index is 473. The molecule has 1 aliphatic rings. The van der Waals surface area contributed by atoms with Gasteiger partial charge in [-0.1, -0.05) is 43.0 Å². The number of nitrogens with zero attached hydrogens (tertiary/aromatic N) is 1. The number of nitrogens with one attached hydrogen (secondary N) is 1. The van der Waals surface area contributed by atoms with E-state index in [-0.39, 0.29) is 22.4 Å². The van der Waals surface area contributed by atoms with E-state index in [0.717, 1.165) is 12.8 Å². The highest BCUT2D eigenvalue weighted by atomic mass is 35.5. The summed E-state index contributed by atoms with van der Waals surface area (Å²) in [5.74, 6) is 5.50. The molecular formula is C16H25ClFN3. The van der Waals surface area contributed by atoms with Crippen molar-refractivity contribution in [2.24, 2.45) is 5.84 Å². The van der Waals surface area contributed by atoms with Crippen LogP contribution in [0.5, 0.6) is 0 Å². The summed E-state index contributed by atoms with van der Waals surface area (Å²) in [5, 5.41) is 0.172. The predicted octanol–water partition coefficient (Wildman–Crippen LogP) is 3.12. The van der Waals surface area contributed by atoms with Gasteiger partial charge in [-0.3, -0.25) is 11.3 Å². The highest BCUT2D eigenvalue weighted by Gasteiger charge is 2.41. The maximum atomic E-state index is 14.2. The Labute approximate surface area is 131 Å². The Balaban J connectivity index is 2.27. The molecule has 118 valence electrons. The number of nitrogens with two attached hydrogens (primary N) is 1. The SMILES string of the molecule is CN(C)C1(C(Cc2cccc(Cl)c2F)NN)CCCCC1. The molecule has 21 heavy (non-hydrogen) atoms. The second-order valence-electron chi connectivity index (χ2n) is 6.19. The van der Waals surface area contributed by atoms with Crippen molar-refractivity contribution in [2.75, 3.05) is 14.1 Å². The zero-order chi connectivity index (χ0) is 15.5. The summed E-state index contributed by atoms with van der Waals surface area (Å²) in [5.41, 5.74) is 3.53. The molecule has 1 unspecified atom stereocenters. The van der Waals surface area contributed by atoms with Crippen LogP contribution in [0.15, 0.2) is 18.2 Å². The minimum Gasteiger partial charge on any atom is -0.302 e. The van der Waals surface area contributed by atoms with E-state index in [0.29, 0.717) is 12.0 Å². The summed E-state index contributed by atoms with van der Waals surface area (Å²) in [6.45, 7) is 0. The molecule has 0 bridgehead atoms. The predicted molar refractivity (Wildman–Crippen MR) is 85.7 cm³/mol. The maximum Gasteiger partial charge on any atom is 0.145 e. The molecule has 1 fully saturated rings. The molecule has 1 aromatic rings.